The molecular formula is C38H29N3O12. The number of nitrogens with zero attached hydrogens (tertiary/aromatic N) is 2. The molecule has 0 bridgehead atoms. The zero-order valence-electron chi connectivity index (χ0n) is 27.7. The molecule has 5 aromatic rings. The van der Waals surface area contributed by atoms with E-state index in [9.17, 15) is 28.8 Å². The molecule has 1 aromatic heterocycles. The van der Waals surface area contributed by atoms with Crippen LogP contribution in [0, 0.1) is 0 Å². The standard InChI is InChI=1S/C38H29N3O12/c1-48-32(42)26-17-19-27(20-18-26)49-38(47)40-28-21-22-41(37(46)39-28)31-29(50-33(43)23-11-5-2-6-12-23)30(51-34(44)24-13-7-3-8-14-24)36(52-31)53-35(45)25-15-9-4-10-16-25/h2-22,29-31,36H,1H3,(H,39,40,46,47)/t29-,30+,31-,36-/m1/s1. The van der Waals surface area contributed by atoms with Crippen molar-refractivity contribution in [2.75, 3.05) is 12.4 Å². The number of hydrogen-bond donors (Lipinski definition) is 1. The molecule has 4 aromatic carbocycles. The third kappa shape index (κ3) is 8.61. The number of methoxy groups -OCH3 is 1. The van der Waals surface area contributed by atoms with Gasteiger partial charge in [-0.2, -0.15) is 4.98 Å². The predicted molar refractivity (Wildman–Crippen MR) is 183 cm³/mol. The summed E-state index contributed by atoms with van der Waals surface area (Å²) in [6.07, 6.45) is -6.22. The van der Waals surface area contributed by atoms with Crippen molar-refractivity contribution in [3.63, 3.8) is 0 Å². The first-order chi connectivity index (χ1) is 25.7. The summed E-state index contributed by atoms with van der Waals surface area (Å²) in [4.78, 5) is 81.6. The first kappa shape index (κ1) is 35.7. The van der Waals surface area contributed by atoms with Gasteiger partial charge in [-0.1, -0.05) is 54.6 Å². The number of ether oxygens (including phenoxy) is 6. The number of carbonyl (C=O) groups is 5. The van der Waals surface area contributed by atoms with Crippen LogP contribution in [0.1, 0.15) is 47.7 Å². The summed E-state index contributed by atoms with van der Waals surface area (Å²) in [5.74, 6) is -3.29. The van der Waals surface area contributed by atoms with Crippen molar-refractivity contribution in [2.45, 2.75) is 24.7 Å². The third-order valence-electron chi connectivity index (χ3n) is 7.70. The molecule has 0 spiro atoms. The second-order valence-electron chi connectivity index (χ2n) is 11.2. The highest BCUT2D eigenvalue weighted by Gasteiger charge is 2.53. The van der Waals surface area contributed by atoms with Crippen LogP contribution in [0.25, 0.3) is 0 Å². The van der Waals surface area contributed by atoms with Gasteiger partial charge in [0.05, 0.1) is 29.4 Å². The smallest absolute Gasteiger partial charge is 0.418 e. The van der Waals surface area contributed by atoms with Crippen molar-refractivity contribution in [1.82, 2.24) is 9.55 Å². The van der Waals surface area contributed by atoms with Crippen molar-refractivity contribution in [3.8, 4) is 5.75 Å². The second-order valence-corrected chi connectivity index (χ2v) is 11.2. The molecule has 1 amide bonds. The van der Waals surface area contributed by atoms with E-state index in [2.05, 4.69) is 15.0 Å². The molecule has 1 aliphatic rings. The van der Waals surface area contributed by atoms with Crippen LogP contribution in [0.3, 0.4) is 0 Å². The minimum Gasteiger partial charge on any atom is -0.465 e. The number of rotatable bonds is 10. The topological polar surface area (TPSA) is 188 Å². The first-order valence-electron chi connectivity index (χ1n) is 15.9. The fraction of sp³-hybridized carbons (Fsp3) is 0.132. The average molecular weight is 720 g/mol. The zero-order valence-corrected chi connectivity index (χ0v) is 27.7. The van der Waals surface area contributed by atoms with Crippen LogP contribution < -0.4 is 15.7 Å². The van der Waals surface area contributed by atoms with Gasteiger partial charge in [-0.05, 0) is 66.7 Å². The third-order valence-corrected chi connectivity index (χ3v) is 7.70. The van der Waals surface area contributed by atoms with Crippen molar-refractivity contribution in [1.29, 1.82) is 0 Å². The Bertz CT molecular complexity index is 2160. The Morgan fingerprint density at radius 1 is 0.623 bits per heavy atom. The monoisotopic (exact) mass is 719 g/mol. The molecule has 6 rings (SSSR count). The lowest BCUT2D eigenvalue weighted by atomic mass is 10.1. The van der Waals surface area contributed by atoms with Crippen LogP contribution in [-0.2, 0) is 23.7 Å². The van der Waals surface area contributed by atoms with Gasteiger partial charge in [0.25, 0.3) is 0 Å². The van der Waals surface area contributed by atoms with Crippen molar-refractivity contribution in [2.24, 2.45) is 0 Å². The predicted octanol–water partition coefficient (Wildman–Crippen LogP) is 4.80. The van der Waals surface area contributed by atoms with Gasteiger partial charge in [0.15, 0.2) is 12.3 Å². The van der Waals surface area contributed by atoms with Crippen molar-refractivity contribution in [3.05, 3.63) is 160 Å². The van der Waals surface area contributed by atoms with E-state index < -0.39 is 60.4 Å². The number of anilines is 1. The Balaban J connectivity index is 1.29. The van der Waals surface area contributed by atoms with Gasteiger partial charge in [-0.15, -0.1) is 0 Å². The van der Waals surface area contributed by atoms with Crippen LogP contribution >= 0.6 is 0 Å². The molecular weight excluding hydrogens is 690 g/mol. The summed E-state index contributed by atoms with van der Waals surface area (Å²) in [6.45, 7) is 0. The van der Waals surface area contributed by atoms with Crippen molar-refractivity contribution < 1.29 is 52.4 Å². The minimum atomic E-state index is -1.68. The number of benzene rings is 4. The number of carbonyl (C=O) groups excluding carboxylic acids is 5. The lowest BCUT2D eigenvalue weighted by Gasteiger charge is -2.24. The maximum absolute atomic E-state index is 13.5. The quantitative estimate of drug-likeness (QED) is 0.153. The summed E-state index contributed by atoms with van der Waals surface area (Å²) in [5, 5.41) is 2.33. The Morgan fingerprint density at radius 2 is 1.11 bits per heavy atom. The Kier molecular flexibility index (Phi) is 11.0. The summed E-state index contributed by atoms with van der Waals surface area (Å²) >= 11 is 0. The van der Waals surface area contributed by atoms with E-state index in [4.69, 9.17) is 23.7 Å². The van der Waals surface area contributed by atoms with E-state index in [0.717, 1.165) is 4.57 Å². The van der Waals surface area contributed by atoms with Gasteiger partial charge >= 0.3 is 35.7 Å². The molecule has 53 heavy (non-hydrogen) atoms. The largest absolute Gasteiger partial charge is 0.465 e. The van der Waals surface area contributed by atoms with E-state index >= 15 is 0 Å². The van der Waals surface area contributed by atoms with E-state index in [1.165, 1.54) is 80.0 Å². The minimum absolute atomic E-state index is 0.0816. The average Bonchev–Trinajstić information content (AvgIpc) is 3.50. The maximum Gasteiger partial charge on any atom is 0.418 e. The molecule has 4 atom stereocenters. The molecule has 0 unspecified atom stereocenters. The van der Waals surface area contributed by atoms with Gasteiger partial charge in [0.2, 0.25) is 12.4 Å². The molecule has 1 fully saturated rings. The molecule has 1 saturated heterocycles. The molecule has 15 nitrogen and oxygen atoms in total. The van der Waals surface area contributed by atoms with Crippen LogP contribution in [0.4, 0.5) is 10.6 Å². The maximum atomic E-state index is 13.5. The SMILES string of the molecule is COC(=O)c1ccc(OC(=O)Nc2ccn([C@@H]3O[C@H](OC(=O)c4ccccc4)[C@@H](OC(=O)c4ccccc4)[C@H]3OC(=O)c3ccccc3)c(=O)n2)cc1. The highest BCUT2D eigenvalue weighted by Crippen LogP contribution is 2.35. The fourth-order valence-corrected chi connectivity index (χ4v) is 5.15. The summed E-state index contributed by atoms with van der Waals surface area (Å²) in [7, 11) is 1.23. The van der Waals surface area contributed by atoms with Crippen molar-refractivity contribution >= 4 is 35.8 Å². The Hall–Kier alpha value is -7.13. The van der Waals surface area contributed by atoms with Gasteiger partial charge < -0.3 is 28.4 Å². The van der Waals surface area contributed by atoms with Crippen LogP contribution in [-0.4, -0.2) is 65.1 Å². The molecule has 0 aliphatic carbocycles. The van der Waals surface area contributed by atoms with Crippen LogP contribution in [0.15, 0.2) is 132 Å². The number of aromatic nitrogens is 2. The van der Waals surface area contributed by atoms with Gasteiger partial charge in [0.1, 0.15) is 11.6 Å². The van der Waals surface area contributed by atoms with E-state index in [1.54, 1.807) is 54.6 Å². The molecule has 0 radical (unpaired) electrons. The molecule has 0 saturated carbocycles. The number of amides is 1. The van der Waals surface area contributed by atoms with Gasteiger partial charge in [-0.3, -0.25) is 9.88 Å². The number of nitrogens with one attached hydrogen (secondary N) is 1. The highest BCUT2D eigenvalue weighted by molar-refractivity contribution is 5.91. The normalized spacial score (nSPS) is 17.5. The fourth-order valence-electron chi connectivity index (χ4n) is 5.15. The first-order valence-corrected chi connectivity index (χ1v) is 15.9. The molecule has 2 heterocycles. The van der Waals surface area contributed by atoms with Gasteiger partial charge in [-0.25, -0.2) is 28.8 Å². The van der Waals surface area contributed by atoms with E-state index in [0.29, 0.717) is 0 Å². The summed E-state index contributed by atoms with van der Waals surface area (Å²) < 4.78 is 34.1. The Morgan fingerprint density at radius 3 is 1.62 bits per heavy atom. The van der Waals surface area contributed by atoms with Gasteiger partial charge in [0, 0.05) is 6.20 Å². The van der Waals surface area contributed by atoms with E-state index in [1.807, 2.05) is 0 Å². The summed E-state index contributed by atoms with van der Waals surface area (Å²) in [6, 6.07) is 30.5. The highest BCUT2D eigenvalue weighted by atomic mass is 16.8. The van der Waals surface area contributed by atoms with Crippen LogP contribution in [0.2, 0.25) is 0 Å². The molecule has 268 valence electrons. The van der Waals surface area contributed by atoms with Crippen LogP contribution in [0.5, 0.6) is 5.75 Å². The second kappa shape index (κ2) is 16.3. The summed E-state index contributed by atoms with van der Waals surface area (Å²) in [5.41, 5.74) is -0.350. The van der Waals surface area contributed by atoms with E-state index in [-0.39, 0.29) is 33.8 Å². The molecule has 1 N–H and O–H groups in total. The molecule has 1 aliphatic heterocycles. The molecule has 15 heteroatoms. The number of hydrogen-bond acceptors (Lipinski definition) is 13. The lowest BCUT2D eigenvalue weighted by Crippen LogP contribution is -2.42. The Labute approximate surface area is 300 Å². The zero-order chi connectivity index (χ0) is 37.3. The lowest BCUT2D eigenvalue weighted by molar-refractivity contribution is -0.149. The number of esters is 4.